The van der Waals surface area contributed by atoms with Crippen molar-refractivity contribution in [2.75, 3.05) is 4.90 Å². The summed E-state index contributed by atoms with van der Waals surface area (Å²) in [4.78, 5) is 2.34. The molecule has 0 radical (unpaired) electrons. The highest BCUT2D eigenvalue weighted by atomic mass is 16.5. The van der Waals surface area contributed by atoms with Crippen LogP contribution in [-0.2, 0) is 5.41 Å². The van der Waals surface area contributed by atoms with E-state index in [4.69, 9.17) is 9.47 Å². The standard InChI is InChI=1S/C47H32BNO2/c1-47(2)38-27-33(49(31-15-5-3-6-16-31)32-17-7-4-8-18-32)23-24-36(38)37-28-41-43-46(42(37)47)51-45-35-20-12-10-14-30(35)22-26-40(45)48(43)39-25-21-29-13-9-11-19-34(29)44(39)50-41/h3-28H,1-2H3. The molecular formula is C47H32BNO2. The number of para-hydroxylation sites is 2. The van der Waals surface area contributed by atoms with Gasteiger partial charge in [0.15, 0.2) is 0 Å². The summed E-state index contributed by atoms with van der Waals surface area (Å²) in [5.74, 6) is 3.68. The summed E-state index contributed by atoms with van der Waals surface area (Å²) in [6.45, 7) is 4.67. The van der Waals surface area contributed by atoms with Crippen LogP contribution in [-0.4, -0.2) is 6.71 Å². The maximum absolute atomic E-state index is 7.28. The molecule has 2 aliphatic heterocycles. The van der Waals surface area contributed by atoms with Crippen LogP contribution in [0.25, 0.3) is 32.7 Å². The van der Waals surface area contributed by atoms with Crippen LogP contribution in [0.4, 0.5) is 17.1 Å². The van der Waals surface area contributed by atoms with E-state index in [-0.39, 0.29) is 12.1 Å². The Morgan fingerprint density at radius 1 is 0.490 bits per heavy atom. The number of benzene rings is 8. The Balaban J connectivity index is 1.16. The third-order valence-corrected chi connectivity index (χ3v) is 11.3. The van der Waals surface area contributed by atoms with E-state index in [1.54, 1.807) is 0 Å². The number of hydrogen-bond donors (Lipinski definition) is 0. The van der Waals surface area contributed by atoms with Crippen molar-refractivity contribution in [1.29, 1.82) is 0 Å². The number of ether oxygens (including phenoxy) is 2. The molecule has 3 nitrogen and oxygen atoms in total. The van der Waals surface area contributed by atoms with Crippen molar-refractivity contribution in [2.45, 2.75) is 19.3 Å². The van der Waals surface area contributed by atoms with Gasteiger partial charge in [0.2, 0.25) is 0 Å². The van der Waals surface area contributed by atoms with Crippen molar-refractivity contribution in [3.8, 4) is 34.1 Å². The normalized spacial score (nSPS) is 14.1. The fourth-order valence-electron chi connectivity index (χ4n) is 9.00. The molecule has 51 heavy (non-hydrogen) atoms. The molecule has 3 aliphatic rings. The summed E-state index contributed by atoms with van der Waals surface area (Å²) in [5.41, 5.74) is 11.4. The van der Waals surface area contributed by atoms with Gasteiger partial charge in [0.25, 0.3) is 6.71 Å². The molecule has 0 fully saturated rings. The van der Waals surface area contributed by atoms with Crippen molar-refractivity contribution >= 4 is 61.7 Å². The second-order valence-electron chi connectivity index (χ2n) is 14.4. The monoisotopic (exact) mass is 653 g/mol. The minimum Gasteiger partial charge on any atom is -0.458 e. The lowest BCUT2D eigenvalue weighted by Gasteiger charge is -2.37. The Morgan fingerprint density at radius 2 is 1.06 bits per heavy atom. The molecule has 0 N–H and O–H groups in total. The van der Waals surface area contributed by atoms with E-state index in [9.17, 15) is 0 Å². The van der Waals surface area contributed by atoms with Gasteiger partial charge in [0.1, 0.15) is 23.0 Å². The van der Waals surface area contributed by atoms with Gasteiger partial charge in [-0.1, -0.05) is 129 Å². The molecule has 0 spiro atoms. The minimum atomic E-state index is -0.347. The molecule has 1 aliphatic carbocycles. The first kappa shape index (κ1) is 28.6. The third-order valence-electron chi connectivity index (χ3n) is 11.3. The van der Waals surface area contributed by atoms with Gasteiger partial charge in [-0.3, -0.25) is 0 Å². The van der Waals surface area contributed by atoms with Crippen molar-refractivity contribution in [3.05, 3.63) is 169 Å². The summed E-state index contributed by atoms with van der Waals surface area (Å²) in [5, 5.41) is 4.61. The fourth-order valence-corrected chi connectivity index (χ4v) is 9.00. The third kappa shape index (κ3) is 3.96. The van der Waals surface area contributed by atoms with Gasteiger partial charge in [-0.15, -0.1) is 0 Å². The number of anilines is 3. The average Bonchev–Trinajstić information content (AvgIpc) is 3.40. The summed E-state index contributed by atoms with van der Waals surface area (Å²) in [6, 6.07) is 56.6. The van der Waals surface area contributed by atoms with E-state index in [1.807, 2.05) is 0 Å². The maximum Gasteiger partial charge on any atom is 0.260 e. The maximum atomic E-state index is 7.28. The van der Waals surface area contributed by atoms with Gasteiger partial charge in [-0.05, 0) is 80.9 Å². The lowest BCUT2D eigenvalue weighted by molar-refractivity contribution is 0.458. The summed E-state index contributed by atoms with van der Waals surface area (Å²) in [7, 11) is 0. The first-order valence-electron chi connectivity index (χ1n) is 17.7. The van der Waals surface area contributed by atoms with Crippen molar-refractivity contribution in [2.24, 2.45) is 0 Å². The number of hydrogen-bond acceptors (Lipinski definition) is 3. The van der Waals surface area contributed by atoms with E-state index >= 15 is 0 Å². The Labute approximate surface area is 297 Å². The molecule has 240 valence electrons. The predicted molar refractivity (Wildman–Crippen MR) is 211 cm³/mol. The Kier molecular flexibility index (Phi) is 5.82. The predicted octanol–water partition coefficient (Wildman–Crippen LogP) is 10.5. The molecule has 0 atom stereocenters. The zero-order valence-electron chi connectivity index (χ0n) is 28.4. The number of fused-ring (bicyclic) bond motifs is 12. The van der Waals surface area contributed by atoms with Crippen LogP contribution in [0, 0.1) is 0 Å². The first-order chi connectivity index (χ1) is 25.1. The highest BCUT2D eigenvalue weighted by Crippen LogP contribution is 2.56. The van der Waals surface area contributed by atoms with Crippen LogP contribution in [0.3, 0.4) is 0 Å². The molecule has 0 bridgehead atoms. The summed E-state index contributed by atoms with van der Waals surface area (Å²) < 4.78 is 14.3. The molecule has 8 aromatic rings. The molecule has 4 heteroatoms. The van der Waals surface area contributed by atoms with E-state index in [0.717, 1.165) is 56.3 Å². The van der Waals surface area contributed by atoms with Crippen molar-refractivity contribution in [3.63, 3.8) is 0 Å². The minimum absolute atomic E-state index is 0.0243. The van der Waals surface area contributed by atoms with Gasteiger partial charge in [0.05, 0.1) is 0 Å². The van der Waals surface area contributed by atoms with Crippen LogP contribution in [0.5, 0.6) is 23.0 Å². The number of nitrogens with zero attached hydrogens (tertiary/aromatic N) is 1. The van der Waals surface area contributed by atoms with Crippen LogP contribution in [0.2, 0.25) is 0 Å². The molecule has 11 rings (SSSR count). The highest BCUT2D eigenvalue weighted by molar-refractivity contribution is 6.98. The lowest BCUT2D eigenvalue weighted by atomic mass is 9.34. The van der Waals surface area contributed by atoms with Crippen LogP contribution >= 0.6 is 0 Å². The average molecular weight is 654 g/mol. The van der Waals surface area contributed by atoms with Crippen molar-refractivity contribution < 1.29 is 9.47 Å². The first-order valence-corrected chi connectivity index (χ1v) is 17.7. The van der Waals surface area contributed by atoms with Gasteiger partial charge in [-0.25, -0.2) is 0 Å². The van der Waals surface area contributed by atoms with Gasteiger partial charge in [0, 0.05) is 44.3 Å². The topological polar surface area (TPSA) is 21.7 Å². The van der Waals surface area contributed by atoms with E-state index in [1.165, 1.54) is 44.0 Å². The Hall–Kier alpha value is -6.26. The SMILES string of the molecule is CC1(C)c2cc(N(c3ccccc3)c3ccccc3)ccc2-c2cc3c4c(c21)Oc1c(ccc2ccccc12)B4c1ccc2ccccc2c1O3. The summed E-state index contributed by atoms with van der Waals surface area (Å²) in [6.07, 6.45) is 0. The van der Waals surface area contributed by atoms with Crippen LogP contribution < -0.4 is 30.8 Å². The molecular weight excluding hydrogens is 621 g/mol. The molecule has 2 heterocycles. The molecule has 0 saturated heterocycles. The highest BCUT2D eigenvalue weighted by Gasteiger charge is 2.48. The second kappa shape index (κ2) is 10.4. The molecule has 0 amide bonds. The zero-order chi connectivity index (χ0) is 33.8. The van der Waals surface area contributed by atoms with Crippen LogP contribution in [0.15, 0.2) is 158 Å². The molecule has 0 aromatic heterocycles. The smallest absolute Gasteiger partial charge is 0.260 e. The Bertz CT molecular complexity index is 2690. The van der Waals surface area contributed by atoms with E-state index < -0.39 is 0 Å². The largest absolute Gasteiger partial charge is 0.458 e. The fraction of sp³-hybridized carbons (Fsp3) is 0.0638. The quantitative estimate of drug-likeness (QED) is 0.177. The number of rotatable bonds is 3. The molecule has 0 unspecified atom stereocenters. The van der Waals surface area contributed by atoms with E-state index in [0.29, 0.717) is 0 Å². The second-order valence-corrected chi connectivity index (χ2v) is 14.4. The zero-order valence-corrected chi connectivity index (χ0v) is 28.4. The Morgan fingerprint density at radius 3 is 1.69 bits per heavy atom. The lowest BCUT2D eigenvalue weighted by Crippen LogP contribution is -2.57. The summed E-state index contributed by atoms with van der Waals surface area (Å²) >= 11 is 0. The molecule has 8 aromatic carbocycles. The van der Waals surface area contributed by atoms with Gasteiger partial charge < -0.3 is 14.4 Å². The van der Waals surface area contributed by atoms with Crippen LogP contribution in [0.1, 0.15) is 25.0 Å². The van der Waals surface area contributed by atoms with Crippen molar-refractivity contribution in [1.82, 2.24) is 0 Å². The van der Waals surface area contributed by atoms with Gasteiger partial charge >= 0.3 is 0 Å². The van der Waals surface area contributed by atoms with Gasteiger partial charge in [-0.2, -0.15) is 0 Å². The molecule has 0 saturated carbocycles. The van der Waals surface area contributed by atoms with E-state index in [2.05, 4.69) is 176 Å².